The number of aliphatic hydroxyl groups is 1. The second kappa shape index (κ2) is 5.46. The number of aliphatic hydroxyl groups excluding tert-OH is 1. The lowest BCUT2D eigenvalue weighted by molar-refractivity contribution is 0.194. The van der Waals surface area contributed by atoms with Crippen LogP contribution in [0.3, 0.4) is 0 Å². The Balaban J connectivity index is 2.02. The van der Waals surface area contributed by atoms with Crippen molar-refractivity contribution in [2.75, 3.05) is 17.2 Å². The van der Waals surface area contributed by atoms with Gasteiger partial charge < -0.3 is 15.7 Å². The highest BCUT2D eigenvalue weighted by molar-refractivity contribution is 6.35. The first-order valence-electron chi connectivity index (χ1n) is 6.52. The maximum atomic E-state index is 13.4. The van der Waals surface area contributed by atoms with E-state index in [9.17, 15) is 9.50 Å². The Morgan fingerprint density at radius 2 is 2.19 bits per heavy atom. The van der Waals surface area contributed by atoms with Crippen molar-refractivity contribution in [3.8, 4) is 0 Å². The van der Waals surface area contributed by atoms with Gasteiger partial charge in [0, 0.05) is 6.54 Å². The molecule has 0 radical (unpaired) electrons. The minimum atomic E-state index is -0.537. The van der Waals surface area contributed by atoms with Crippen molar-refractivity contribution in [2.24, 2.45) is 0 Å². The van der Waals surface area contributed by atoms with Crippen molar-refractivity contribution in [3.63, 3.8) is 0 Å². The minimum absolute atomic E-state index is 0.182. The summed E-state index contributed by atoms with van der Waals surface area (Å²) in [5.41, 5.74) is 6.46. The summed E-state index contributed by atoms with van der Waals surface area (Å²) in [6.07, 6.45) is 1.26. The molecule has 3 rings (SSSR count). The molecule has 1 aromatic heterocycles. The number of halogens is 2. The Morgan fingerprint density at radius 1 is 1.38 bits per heavy atom. The fourth-order valence-electron chi connectivity index (χ4n) is 2.65. The summed E-state index contributed by atoms with van der Waals surface area (Å²) in [5, 5.41) is 10.2. The average Bonchev–Trinajstić information content (AvgIpc) is 2.84. The van der Waals surface area contributed by atoms with Gasteiger partial charge in [0.2, 0.25) is 0 Å². The first-order chi connectivity index (χ1) is 10.1. The summed E-state index contributed by atoms with van der Waals surface area (Å²) in [6.45, 7) is 0.358. The van der Waals surface area contributed by atoms with Gasteiger partial charge in [-0.2, -0.15) is 0 Å². The molecule has 0 aliphatic carbocycles. The number of aromatic nitrogens is 2. The van der Waals surface area contributed by atoms with Crippen LogP contribution in [-0.2, 0) is 0 Å². The summed E-state index contributed by atoms with van der Waals surface area (Å²) in [6, 6.07) is 6.09. The molecule has 21 heavy (non-hydrogen) atoms. The van der Waals surface area contributed by atoms with E-state index in [4.69, 9.17) is 17.3 Å². The Morgan fingerprint density at radius 3 is 2.95 bits per heavy atom. The van der Waals surface area contributed by atoms with Gasteiger partial charge in [0.15, 0.2) is 5.82 Å². The van der Waals surface area contributed by atoms with E-state index in [0.29, 0.717) is 18.8 Å². The standard InChI is InChI=1S/C14H14ClFN4O/c15-12-13(17)18-7-19-14(12)20-6-10(21)5-11(20)8-2-1-3-9(16)4-8/h1-4,7,10-11,21H,5-6H2,(H2,17,18,19)/t10-,11+/m0/s1. The lowest BCUT2D eigenvalue weighted by atomic mass is 10.0. The van der Waals surface area contributed by atoms with Crippen molar-refractivity contribution in [2.45, 2.75) is 18.6 Å². The van der Waals surface area contributed by atoms with Crippen LogP contribution in [0.1, 0.15) is 18.0 Å². The topological polar surface area (TPSA) is 75.3 Å². The average molecular weight is 309 g/mol. The monoisotopic (exact) mass is 308 g/mol. The highest BCUT2D eigenvalue weighted by Gasteiger charge is 2.34. The molecule has 1 saturated heterocycles. The minimum Gasteiger partial charge on any atom is -0.391 e. The predicted molar refractivity (Wildman–Crippen MR) is 78.6 cm³/mol. The quantitative estimate of drug-likeness (QED) is 0.889. The third-order valence-corrected chi connectivity index (χ3v) is 3.95. The largest absolute Gasteiger partial charge is 0.391 e. The van der Waals surface area contributed by atoms with Crippen LogP contribution in [-0.4, -0.2) is 27.7 Å². The molecule has 110 valence electrons. The lowest BCUT2D eigenvalue weighted by Gasteiger charge is -2.26. The molecular formula is C14H14ClFN4O. The van der Waals surface area contributed by atoms with Crippen LogP contribution in [0.2, 0.25) is 5.02 Å². The molecule has 0 saturated carbocycles. The first kappa shape index (κ1) is 14.0. The van der Waals surface area contributed by atoms with Gasteiger partial charge in [-0.25, -0.2) is 14.4 Å². The van der Waals surface area contributed by atoms with Gasteiger partial charge in [0.1, 0.15) is 23.0 Å². The van der Waals surface area contributed by atoms with Crippen molar-refractivity contribution in [1.29, 1.82) is 0 Å². The van der Waals surface area contributed by atoms with Crippen LogP contribution >= 0.6 is 11.6 Å². The number of nitrogens with two attached hydrogens (primary N) is 1. The van der Waals surface area contributed by atoms with Crippen molar-refractivity contribution < 1.29 is 9.50 Å². The Labute approximate surface area is 126 Å². The lowest BCUT2D eigenvalue weighted by Crippen LogP contribution is -2.26. The molecule has 0 unspecified atom stereocenters. The molecule has 7 heteroatoms. The molecule has 0 bridgehead atoms. The number of β-amino-alcohol motifs (C(OH)–C–C–N with tert-alkyl or cyclic N) is 1. The molecule has 0 amide bonds. The summed E-state index contributed by atoms with van der Waals surface area (Å²) < 4.78 is 13.4. The zero-order valence-corrected chi connectivity index (χ0v) is 11.8. The molecule has 1 fully saturated rings. The highest BCUT2D eigenvalue weighted by atomic mass is 35.5. The molecule has 5 nitrogen and oxygen atoms in total. The summed E-state index contributed by atoms with van der Waals surface area (Å²) in [5.74, 6) is 0.318. The third-order valence-electron chi connectivity index (χ3n) is 3.58. The zero-order valence-electron chi connectivity index (χ0n) is 11.1. The van der Waals surface area contributed by atoms with Gasteiger partial charge >= 0.3 is 0 Å². The Bertz CT molecular complexity index is 669. The third kappa shape index (κ3) is 2.64. The number of benzene rings is 1. The van der Waals surface area contributed by atoms with Gasteiger partial charge in [-0.05, 0) is 24.1 Å². The zero-order chi connectivity index (χ0) is 15.0. The van der Waals surface area contributed by atoms with E-state index >= 15 is 0 Å². The van der Waals surface area contributed by atoms with Crippen LogP contribution in [0, 0.1) is 5.82 Å². The van der Waals surface area contributed by atoms with Crippen molar-refractivity contribution >= 4 is 23.2 Å². The van der Waals surface area contributed by atoms with E-state index in [0.717, 1.165) is 5.56 Å². The summed E-state index contributed by atoms with van der Waals surface area (Å²) in [4.78, 5) is 9.81. The van der Waals surface area contributed by atoms with Gasteiger partial charge in [-0.1, -0.05) is 23.7 Å². The van der Waals surface area contributed by atoms with E-state index in [1.807, 2.05) is 11.0 Å². The Kier molecular flexibility index (Phi) is 3.65. The number of hydrogen-bond donors (Lipinski definition) is 2. The number of nitrogen functional groups attached to an aromatic ring is 1. The van der Waals surface area contributed by atoms with Gasteiger partial charge in [-0.3, -0.25) is 0 Å². The van der Waals surface area contributed by atoms with E-state index in [1.54, 1.807) is 6.07 Å². The van der Waals surface area contributed by atoms with Crippen LogP contribution in [0.15, 0.2) is 30.6 Å². The van der Waals surface area contributed by atoms with E-state index in [1.165, 1.54) is 18.5 Å². The van der Waals surface area contributed by atoms with E-state index < -0.39 is 6.10 Å². The molecule has 2 aromatic rings. The predicted octanol–water partition coefficient (Wildman–Crippen LogP) is 2.16. The Hall–Kier alpha value is -1.92. The smallest absolute Gasteiger partial charge is 0.153 e. The normalized spacial score (nSPS) is 21.8. The molecule has 2 atom stereocenters. The first-order valence-corrected chi connectivity index (χ1v) is 6.90. The maximum Gasteiger partial charge on any atom is 0.153 e. The SMILES string of the molecule is Nc1ncnc(N2C[C@@H](O)C[C@@H]2c2cccc(F)c2)c1Cl. The highest BCUT2D eigenvalue weighted by Crippen LogP contribution is 2.39. The van der Waals surface area contributed by atoms with E-state index in [-0.39, 0.29) is 22.7 Å². The fraction of sp³-hybridized carbons (Fsp3) is 0.286. The summed E-state index contributed by atoms with van der Waals surface area (Å²) in [7, 11) is 0. The van der Waals surface area contributed by atoms with Crippen LogP contribution in [0.5, 0.6) is 0 Å². The second-order valence-electron chi connectivity index (χ2n) is 5.01. The van der Waals surface area contributed by atoms with Crippen LogP contribution < -0.4 is 10.6 Å². The molecule has 1 aliphatic rings. The molecule has 1 aromatic carbocycles. The molecule has 0 spiro atoms. The molecule has 2 heterocycles. The second-order valence-corrected chi connectivity index (χ2v) is 5.39. The van der Waals surface area contributed by atoms with E-state index in [2.05, 4.69) is 9.97 Å². The summed E-state index contributed by atoms with van der Waals surface area (Å²) >= 11 is 6.16. The number of hydrogen-bond acceptors (Lipinski definition) is 5. The van der Waals surface area contributed by atoms with Gasteiger partial charge in [0.25, 0.3) is 0 Å². The molecule has 1 aliphatic heterocycles. The maximum absolute atomic E-state index is 13.4. The van der Waals surface area contributed by atoms with Crippen molar-refractivity contribution in [1.82, 2.24) is 9.97 Å². The van der Waals surface area contributed by atoms with Gasteiger partial charge in [0.05, 0.1) is 12.1 Å². The number of nitrogens with zero attached hydrogens (tertiary/aromatic N) is 3. The number of anilines is 2. The van der Waals surface area contributed by atoms with Gasteiger partial charge in [-0.15, -0.1) is 0 Å². The fourth-order valence-corrected chi connectivity index (χ4v) is 2.86. The van der Waals surface area contributed by atoms with Crippen LogP contribution in [0.4, 0.5) is 16.0 Å². The molecule has 3 N–H and O–H groups in total. The van der Waals surface area contributed by atoms with Crippen LogP contribution in [0.25, 0.3) is 0 Å². The van der Waals surface area contributed by atoms with Crippen molar-refractivity contribution in [3.05, 3.63) is 47.0 Å². The molecular weight excluding hydrogens is 295 g/mol. The number of rotatable bonds is 2.